The largest absolute Gasteiger partial charge is 0.353 e. The highest BCUT2D eigenvalue weighted by molar-refractivity contribution is 6.03. The molecule has 280 valence electrons. The fraction of sp³-hybridized carbons (Fsp3) is 0.200. The monoisotopic (exact) mass is 736 g/mol. The van der Waals surface area contributed by atoms with Crippen molar-refractivity contribution in [3.05, 3.63) is 190 Å². The molecule has 3 heterocycles. The summed E-state index contributed by atoms with van der Waals surface area (Å²) in [5, 5.41) is 10.1. The summed E-state index contributed by atoms with van der Waals surface area (Å²) in [6.07, 6.45) is 0. The van der Waals surface area contributed by atoms with Crippen LogP contribution >= 0.6 is 0 Å². The molecule has 6 nitrogen and oxygen atoms in total. The molecule has 0 aliphatic carbocycles. The molecule has 6 heteroatoms. The number of aromatic nitrogens is 2. The van der Waals surface area contributed by atoms with Gasteiger partial charge in [-0.3, -0.25) is 9.13 Å². The highest BCUT2D eigenvalue weighted by Gasteiger charge is 2.58. The van der Waals surface area contributed by atoms with E-state index < -0.39 is 11.4 Å². The van der Waals surface area contributed by atoms with Gasteiger partial charge >= 0.3 is 0 Å². The number of nitrogens with zero attached hydrogens (tertiary/aromatic N) is 2. The zero-order chi connectivity index (χ0) is 38.6. The Kier molecular flexibility index (Phi) is 8.84. The van der Waals surface area contributed by atoms with E-state index in [9.17, 15) is 0 Å². The number of rotatable bonds is 10. The maximum atomic E-state index is 7.51. The standard InChI is InChI=1S/C50H48N4O2/c1-7-55-49(37-15-11-9-12-16-37)47-45(51-39-25-19-33(3)20-26-39)42-32-36(6)24-30-44(42)54(47)50(56-8-2,38-17-13-10-14-18-38)48-46(52-40-27-21-34(4)22-28-40)41-31-35(5)23-29-43(41)53(48)49/h9-32,51-52H,7-8H2,1-6H3. The molecule has 9 rings (SSSR count). The topological polar surface area (TPSA) is 52.4 Å². The third kappa shape index (κ3) is 5.39. The van der Waals surface area contributed by atoms with Crippen LogP contribution in [0.25, 0.3) is 21.8 Å². The van der Waals surface area contributed by atoms with Gasteiger partial charge < -0.3 is 20.1 Å². The van der Waals surface area contributed by atoms with Crippen LogP contribution in [0.15, 0.2) is 146 Å². The zero-order valence-electron chi connectivity index (χ0n) is 33.0. The third-order valence-corrected chi connectivity index (χ3v) is 11.2. The van der Waals surface area contributed by atoms with Gasteiger partial charge in [-0.05, 0) is 90.1 Å². The van der Waals surface area contributed by atoms with Crippen molar-refractivity contribution < 1.29 is 9.47 Å². The summed E-state index contributed by atoms with van der Waals surface area (Å²) in [4.78, 5) is 0. The second-order valence-electron chi connectivity index (χ2n) is 15.0. The Hall–Kier alpha value is -6.08. The molecule has 8 aromatic rings. The molecule has 2 aromatic heterocycles. The number of aryl methyl sites for hydroxylation is 4. The summed E-state index contributed by atoms with van der Waals surface area (Å²) in [6, 6.07) is 52.2. The SMILES string of the molecule is CCOC1(c2ccccc2)c2c(Nc3ccc(C)cc3)c3cc(C)ccc3n2C(OCC)(c2ccccc2)c2c(Nc3ccc(C)cc3)c3cc(C)ccc3n21. The molecule has 56 heavy (non-hydrogen) atoms. The van der Waals surface area contributed by atoms with Gasteiger partial charge in [0.2, 0.25) is 11.4 Å². The average molecular weight is 737 g/mol. The lowest BCUT2D eigenvalue weighted by Crippen LogP contribution is -2.55. The van der Waals surface area contributed by atoms with Gasteiger partial charge in [0.1, 0.15) is 11.4 Å². The number of nitrogens with one attached hydrogen (secondary N) is 2. The molecule has 2 atom stereocenters. The van der Waals surface area contributed by atoms with Crippen molar-refractivity contribution in [2.24, 2.45) is 0 Å². The third-order valence-electron chi connectivity index (χ3n) is 11.2. The zero-order valence-corrected chi connectivity index (χ0v) is 33.0. The lowest BCUT2D eigenvalue weighted by molar-refractivity contribution is -0.0977. The molecule has 0 radical (unpaired) electrons. The van der Waals surface area contributed by atoms with Gasteiger partial charge in [-0.2, -0.15) is 0 Å². The molecule has 0 bridgehead atoms. The van der Waals surface area contributed by atoms with Crippen molar-refractivity contribution >= 4 is 44.6 Å². The van der Waals surface area contributed by atoms with Crippen molar-refractivity contribution in [1.29, 1.82) is 0 Å². The lowest BCUT2D eigenvalue weighted by atomic mass is 9.88. The van der Waals surface area contributed by atoms with E-state index in [0.717, 1.165) is 78.2 Å². The highest BCUT2D eigenvalue weighted by Crippen LogP contribution is 2.59. The van der Waals surface area contributed by atoms with Crippen LogP contribution in [0, 0.1) is 27.7 Å². The van der Waals surface area contributed by atoms with Crippen LogP contribution in [-0.2, 0) is 20.9 Å². The number of ether oxygens (including phenoxy) is 2. The van der Waals surface area contributed by atoms with E-state index in [1.54, 1.807) is 0 Å². The van der Waals surface area contributed by atoms with E-state index >= 15 is 0 Å². The predicted molar refractivity (Wildman–Crippen MR) is 231 cm³/mol. The Morgan fingerprint density at radius 3 is 1.16 bits per heavy atom. The van der Waals surface area contributed by atoms with Crippen LogP contribution in [0.5, 0.6) is 0 Å². The summed E-state index contributed by atoms with van der Waals surface area (Å²) in [7, 11) is 0. The first kappa shape index (κ1) is 35.6. The Morgan fingerprint density at radius 2 is 0.804 bits per heavy atom. The Bertz CT molecular complexity index is 2510. The maximum Gasteiger partial charge on any atom is 0.215 e. The van der Waals surface area contributed by atoms with Gasteiger partial charge in [0.05, 0.1) is 22.4 Å². The molecule has 0 amide bonds. The van der Waals surface area contributed by atoms with E-state index in [1.165, 1.54) is 11.1 Å². The summed E-state index contributed by atoms with van der Waals surface area (Å²) >= 11 is 0. The van der Waals surface area contributed by atoms with E-state index in [1.807, 2.05) is 0 Å². The molecule has 2 N–H and O–H groups in total. The van der Waals surface area contributed by atoms with Crippen LogP contribution in [0.4, 0.5) is 22.7 Å². The molecule has 0 spiro atoms. The molecule has 1 aliphatic rings. The highest BCUT2D eigenvalue weighted by atomic mass is 16.5. The minimum absolute atomic E-state index is 0.443. The first-order valence-electron chi connectivity index (χ1n) is 19.7. The molecule has 0 saturated carbocycles. The van der Waals surface area contributed by atoms with Crippen LogP contribution < -0.4 is 10.6 Å². The van der Waals surface area contributed by atoms with Crippen LogP contribution in [0.1, 0.15) is 58.6 Å². The first-order chi connectivity index (χ1) is 27.3. The van der Waals surface area contributed by atoms with Crippen molar-refractivity contribution in [3.8, 4) is 0 Å². The van der Waals surface area contributed by atoms with Crippen molar-refractivity contribution in [1.82, 2.24) is 9.13 Å². The minimum atomic E-state index is -1.17. The molecule has 0 saturated heterocycles. The predicted octanol–water partition coefficient (Wildman–Crippen LogP) is 12.2. The van der Waals surface area contributed by atoms with Crippen molar-refractivity contribution in [3.63, 3.8) is 0 Å². The normalized spacial score (nSPS) is 17.5. The smallest absolute Gasteiger partial charge is 0.215 e. The number of anilines is 4. The molecule has 1 aliphatic heterocycles. The Labute approximate surface area is 329 Å². The van der Waals surface area contributed by atoms with Crippen LogP contribution in [-0.4, -0.2) is 22.3 Å². The summed E-state index contributed by atoms with van der Waals surface area (Å²) in [5.74, 6) is 0. The fourth-order valence-corrected chi connectivity index (χ4v) is 8.84. The van der Waals surface area contributed by atoms with Gasteiger partial charge in [-0.1, -0.05) is 119 Å². The minimum Gasteiger partial charge on any atom is -0.353 e. The molecular weight excluding hydrogens is 689 g/mol. The summed E-state index contributed by atoms with van der Waals surface area (Å²) in [6.45, 7) is 13.6. The average Bonchev–Trinajstić information content (AvgIpc) is 3.71. The number of hydrogen-bond acceptors (Lipinski definition) is 4. The molecular formula is C50H48N4O2. The molecule has 6 aromatic carbocycles. The molecule has 2 unspecified atom stereocenters. The van der Waals surface area contributed by atoms with Gasteiger partial charge in [0, 0.05) is 46.5 Å². The summed E-state index contributed by atoms with van der Waals surface area (Å²) < 4.78 is 19.9. The van der Waals surface area contributed by atoms with Crippen molar-refractivity contribution in [2.75, 3.05) is 23.8 Å². The van der Waals surface area contributed by atoms with Gasteiger partial charge in [-0.15, -0.1) is 0 Å². The number of hydrogen-bond donors (Lipinski definition) is 2. The molecule has 0 fully saturated rings. The lowest BCUT2D eigenvalue weighted by Gasteiger charge is -2.50. The first-order valence-corrected chi connectivity index (χ1v) is 19.7. The number of fused-ring (bicyclic) bond motifs is 6. The van der Waals surface area contributed by atoms with E-state index in [4.69, 9.17) is 9.47 Å². The Morgan fingerprint density at radius 1 is 0.446 bits per heavy atom. The second kappa shape index (κ2) is 13.9. The Balaban J connectivity index is 1.56. The van der Waals surface area contributed by atoms with E-state index in [2.05, 4.69) is 207 Å². The number of benzene rings is 6. The van der Waals surface area contributed by atoms with E-state index in [-0.39, 0.29) is 0 Å². The van der Waals surface area contributed by atoms with E-state index in [0.29, 0.717) is 13.2 Å². The fourth-order valence-electron chi connectivity index (χ4n) is 8.84. The maximum absolute atomic E-state index is 7.51. The summed E-state index contributed by atoms with van der Waals surface area (Å²) in [5.41, 5.74) is 12.3. The van der Waals surface area contributed by atoms with Gasteiger partial charge in [0.25, 0.3) is 0 Å². The quantitative estimate of drug-likeness (QED) is 0.147. The van der Waals surface area contributed by atoms with Crippen molar-refractivity contribution in [2.45, 2.75) is 53.0 Å². The van der Waals surface area contributed by atoms with Gasteiger partial charge in [0.15, 0.2) is 0 Å². The van der Waals surface area contributed by atoms with Crippen LogP contribution in [0.2, 0.25) is 0 Å². The van der Waals surface area contributed by atoms with Crippen LogP contribution in [0.3, 0.4) is 0 Å². The van der Waals surface area contributed by atoms with Gasteiger partial charge in [-0.25, -0.2) is 0 Å². The second-order valence-corrected chi connectivity index (χ2v) is 15.0.